The Labute approximate surface area is 190 Å². The van der Waals surface area contributed by atoms with Crippen LogP contribution in [-0.4, -0.2) is 62.0 Å². The van der Waals surface area contributed by atoms with Gasteiger partial charge in [0.1, 0.15) is 0 Å². The molecule has 0 atom stereocenters. The first kappa shape index (κ1) is 24.9. The summed E-state index contributed by atoms with van der Waals surface area (Å²) in [4.78, 5) is 25.5. The molecule has 2 heterocycles. The number of anilines is 1. The van der Waals surface area contributed by atoms with Gasteiger partial charge in [-0.15, -0.1) is 35.3 Å². The Morgan fingerprint density at radius 1 is 1.36 bits per heavy atom. The van der Waals surface area contributed by atoms with Gasteiger partial charge >= 0.3 is 0 Å². The van der Waals surface area contributed by atoms with Crippen molar-refractivity contribution in [2.75, 3.05) is 39.1 Å². The van der Waals surface area contributed by atoms with Crippen LogP contribution in [0, 0.1) is 5.92 Å². The summed E-state index contributed by atoms with van der Waals surface area (Å²) in [5.41, 5.74) is 1.01. The minimum Gasteiger partial charge on any atom is -0.354 e. The average molecular weight is 523 g/mol. The summed E-state index contributed by atoms with van der Waals surface area (Å²) in [6.07, 6.45) is 3.76. The van der Waals surface area contributed by atoms with Crippen LogP contribution in [-0.2, 0) is 11.3 Å². The van der Waals surface area contributed by atoms with Crippen LogP contribution in [0.4, 0.5) is 5.13 Å². The van der Waals surface area contributed by atoms with Crippen LogP contribution in [0.15, 0.2) is 10.4 Å². The van der Waals surface area contributed by atoms with Gasteiger partial charge in [0.25, 0.3) is 0 Å². The molecule has 0 aliphatic carbocycles. The highest BCUT2D eigenvalue weighted by Crippen LogP contribution is 2.18. The SMILES string of the molecule is CCC(CC)C(=O)N1CCC(NC(=NC)NCc2csc(N(C)C)n2)CC1.I. The van der Waals surface area contributed by atoms with Crippen molar-refractivity contribution in [1.29, 1.82) is 0 Å². The third-order valence-electron chi connectivity index (χ3n) is 5.07. The van der Waals surface area contributed by atoms with E-state index in [0.717, 1.165) is 55.6 Å². The second kappa shape index (κ2) is 12.5. The molecule has 0 radical (unpaired) electrons. The third kappa shape index (κ3) is 7.06. The smallest absolute Gasteiger partial charge is 0.225 e. The zero-order valence-corrected chi connectivity index (χ0v) is 20.8. The maximum Gasteiger partial charge on any atom is 0.225 e. The van der Waals surface area contributed by atoms with Gasteiger partial charge in [0.2, 0.25) is 5.91 Å². The van der Waals surface area contributed by atoms with Gasteiger partial charge in [-0.1, -0.05) is 13.8 Å². The van der Waals surface area contributed by atoms with Crippen LogP contribution in [0.5, 0.6) is 0 Å². The van der Waals surface area contributed by atoms with E-state index in [1.54, 1.807) is 18.4 Å². The molecule has 7 nitrogen and oxygen atoms in total. The van der Waals surface area contributed by atoms with Crippen LogP contribution < -0.4 is 15.5 Å². The molecule has 0 unspecified atom stereocenters. The number of nitrogens with one attached hydrogen (secondary N) is 2. The Hall–Kier alpha value is -1.10. The molecule has 1 aromatic rings. The third-order valence-corrected chi connectivity index (χ3v) is 6.12. The Bertz CT molecular complexity index is 624. The first-order valence-electron chi connectivity index (χ1n) is 9.86. The molecule has 0 spiro atoms. The van der Waals surface area contributed by atoms with Crippen LogP contribution >= 0.6 is 35.3 Å². The lowest BCUT2D eigenvalue weighted by atomic mass is 9.98. The fourth-order valence-electron chi connectivity index (χ4n) is 3.29. The van der Waals surface area contributed by atoms with Gasteiger partial charge in [-0.25, -0.2) is 4.98 Å². The van der Waals surface area contributed by atoms with E-state index in [1.807, 2.05) is 23.9 Å². The molecule has 1 fully saturated rings. The van der Waals surface area contributed by atoms with Crippen molar-refractivity contribution in [2.24, 2.45) is 10.9 Å². The lowest BCUT2D eigenvalue weighted by molar-refractivity contribution is -0.136. The number of piperidine rings is 1. The molecule has 2 N–H and O–H groups in total. The van der Waals surface area contributed by atoms with Gasteiger partial charge < -0.3 is 20.4 Å². The predicted octanol–water partition coefficient (Wildman–Crippen LogP) is 2.92. The fraction of sp³-hybridized carbons (Fsp3) is 0.737. The molecule has 0 bridgehead atoms. The van der Waals surface area contributed by atoms with Crippen LogP contribution in [0.3, 0.4) is 0 Å². The number of carbonyl (C=O) groups is 1. The molecule has 0 aromatic carbocycles. The number of likely N-dealkylation sites (tertiary alicyclic amines) is 1. The molecule has 1 aliphatic rings. The summed E-state index contributed by atoms with van der Waals surface area (Å²) in [6, 6.07) is 0.342. The number of aromatic nitrogens is 1. The Kier molecular flexibility index (Phi) is 11.1. The molecule has 28 heavy (non-hydrogen) atoms. The summed E-state index contributed by atoms with van der Waals surface area (Å²) in [7, 11) is 5.78. The quantitative estimate of drug-likeness (QED) is 0.328. The molecular formula is C19H35IN6OS. The molecule has 0 saturated carbocycles. The largest absolute Gasteiger partial charge is 0.354 e. The van der Waals surface area contributed by atoms with E-state index in [1.165, 1.54) is 0 Å². The molecule has 1 amide bonds. The molecule has 160 valence electrons. The van der Waals surface area contributed by atoms with Gasteiger partial charge in [-0.05, 0) is 25.7 Å². The van der Waals surface area contributed by atoms with E-state index in [-0.39, 0.29) is 29.9 Å². The van der Waals surface area contributed by atoms with E-state index in [0.29, 0.717) is 18.5 Å². The number of halogens is 1. The number of aliphatic imine (C=N–C) groups is 1. The molecule has 1 aromatic heterocycles. The minimum absolute atomic E-state index is 0. The summed E-state index contributed by atoms with van der Waals surface area (Å²) >= 11 is 1.64. The van der Waals surface area contributed by atoms with E-state index < -0.39 is 0 Å². The number of rotatable bonds is 7. The lowest BCUT2D eigenvalue weighted by Gasteiger charge is -2.34. The number of hydrogen-bond donors (Lipinski definition) is 2. The van der Waals surface area contributed by atoms with Crippen LogP contribution in [0.25, 0.3) is 0 Å². The van der Waals surface area contributed by atoms with Crippen molar-refractivity contribution in [2.45, 2.75) is 52.1 Å². The Morgan fingerprint density at radius 2 is 2.00 bits per heavy atom. The van der Waals surface area contributed by atoms with E-state index in [4.69, 9.17) is 0 Å². The highest BCUT2D eigenvalue weighted by atomic mass is 127. The zero-order chi connectivity index (χ0) is 19.8. The predicted molar refractivity (Wildman–Crippen MR) is 129 cm³/mol. The van der Waals surface area contributed by atoms with Crippen molar-refractivity contribution >= 4 is 52.3 Å². The summed E-state index contributed by atoms with van der Waals surface area (Å²) < 4.78 is 0. The van der Waals surface area contributed by atoms with E-state index in [9.17, 15) is 4.79 Å². The van der Waals surface area contributed by atoms with Gasteiger partial charge in [0.05, 0.1) is 12.2 Å². The minimum atomic E-state index is 0. The lowest BCUT2D eigenvalue weighted by Crippen LogP contribution is -2.50. The zero-order valence-electron chi connectivity index (χ0n) is 17.7. The number of nitrogens with zero attached hydrogens (tertiary/aromatic N) is 4. The standard InChI is InChI=1S/C19H34N6OS.HI/c1-6-14(7-2)17(26)25-10-8-15(9-11-25)22-18(20-3)21-12-16-13-27-19(23-16)24(4)5;/h13-15H,6-12H2,1-5H3,(H2,20,21,22);1H. The van der Waals surface area contributed by atoms with Crippen molar-refractivity contribution < 1.29 is 4.79 Å². The first-order valence-corrected chi connectivity index (χ1v) is 10.7. The van der Waals surface area contributed by atoms with Crippen molar-refractivity contribution in [1.82, 2.24) is 20.5 Å². The normalized spacial score (nSPS) is 15.4. The molecule has 9 heteroatoms. The van der Waals surface area contributed by atoms with Crippen LogP contribution in [0.1, 0.15) is 45.2 Å². The number of amides is 1. The summed E-state index contributed by atoms with van der Waals surface area (Å²) in [6.45, 7) is 6.49. The van der Waals surface area contributed by atoms with Gasteiger partial charge in [-0.3, -0.25) is 9.79 Å². The number of guanidine groups is 1. The first-order chi connectivity index (χ1) is 13.0. The monoisotopic (exact) mass is 522 g/mol. The molecule has 1 aliphatic heterocycles. The van der Waals surface area contributed by atoms with Gasteiger partial charge in [0.15, 0.2) is 11.1 Å². The second-order valence-electron chi connectivity index (χ2n) is 7.20. The second-order valence-corrected chi connectivity index (χ2v) is 8.04. The van der Waals surface area contributed by atoms with E-state index >= 15 is 0 Å². The van der Waals surface area contributed by atoms with E-state index in [2.05, 4.69) is 39.8 Å². The number of carbonyl (C=O) groups excluding carboxylic acids is 1. The Morgan fingerprint density at radius 3 is 2.50 bits per heavy atom. The molecular weight excluding hydrogens is 487 g/mol. The van der Waals surface area contributed by atoms with Crippen molar-refractivity contribution in [3.05, 3.63) is 11.1 Å². The molecule has 1 saturated heterocycles. The van der Waals surface area contributed by atoms with Crippen molar-refractivity contribution in [3.8, 4) is 0 Å². The molecule has 2 rings (SSSR count). The number of hydrogen-bond acceptors (Lipinski definition) is 5. The van der Waals surface area contributed by atoms with Gasteiger partial charge in [-0.2, -0.15) is 0 Å². The Balaban J connectivity index is 0.00000392. The van der Waals surface area contributed by atoms with Crippen LogP contribution in [0.2, 0.25) is 0 Å². The maximum atomic E-state index is 12.5. The van der Waals surface area contributed by atoms with Gasteiger partial charge in [0, 0.05) is 51.6 Å². The fourth-order valence-corrected chi connectivity index (χ4v) is 4.04. The summed E-state index contributed by atoms with van der Waals surface area (Å²) in [5.74, 6) is 1.29. The highest BCUT2D eigenvalue weighted by molar-refractivity contribution is 14.0. The topological polar surface area (TPSA) is 72.9 Å². The summed E-state index contributed by atoms with van der Waals surface area (Å²) in [5, 5.41) is 9.90. The number of thiazole rings is 1. The average Bonchev–Trinajstić information content (AvgIpc) is 3.16. The van der Waals surface area contributed by atoms with Crippen molar-refractivity contribution in [3.63, 3.8) is 0 Å². The maximum absolute atomic E-state index is 12.5. The highest BCUT2D eigenvalue weighted by Gasteiger charge is 2.26.